The van der Waals surface area contributed by atoms with Crippen LogP contribution in [0.1, 0.15) is 24.5 Å². The van der Waals surface area contributed by atoms with E-state index in [4.69, 9.17) is 16.3 Å². The molecular formula is C19H22BrClN2O. The van der Waals surface area contributed by atoms with E-state index in [9.17, 15) is 0 Å². The van der Waals surface area contributed by atoms with Crippen LogP contribution in [0.5, 0.6) is 11.5 Å². The predicted molar refractivity (Wildman–Crippen MR) is 106 cm³/mol. The number of ether oxygens (including phenoxy) is 1. The molecule has 0 amide bonds. The molecule has 0 radical (unpaired) electrons. The van der Waals surface area contributed by atoms with Gasteiger partial charge < -0.3 is 9.64 Å². The van der Waals surface area contributed by atoms with Gasteiger partial charge in [0.2, 0.25) is 0 Å². The molecule has 3 nitrogen and oxygen atoms in total. The van der Waals surface area contributed by atoms with Crippen molar-refractivity contribution in [1.29, 1.82) is 0 Å². The zero-order chi connectivity index (χ0) is 17.7. The Morgan fingerprint density at radius 3 is 2.62 bits per heavy atom. The Kier molecular flexibility index (Phi) is 6.69. The van der Waals surface area contributed by atoms with Crippen molar-refractivity contribution >= 4 is 39.6 Å². The highest BCUT2D eigenvalue weighted by molar-refractivity contribution is 9.10. The van der Waals surface area contributed by atoms with Gasteiger partial charge in [0.05, 0.1) is 17.0 Å². The van der Waals surface area contributed by atoms with Gasteiger partial charge in [-0.3, -0.25) is 0 Å². The Bertz CT molecular complexity index is 746. The maximum atomic E-state index is 6.02. The first kappa shape index (κ1) is 18.8. The summed E-state index contributed by atoms with van der Waals surface area (Å²) in [7, 11) is 2.03. The van der Waals surface area contributed by atoms with Gasteiger partial charge >= 0.3 is 0 Å². The fourth-order valence-electron chi connectivity index (χ4n) is 2.26. The Hall–Kier alpha value is -1.52. The Labute approximate surface area is 157 Å². The first-order chi connectivity index (χ1) is 11.4. The lowest BCUT2D eigenvalue weighted by Crippen LogP contribution is -2.16. The summed E-state index contributed by atoms with van der Waals surface area (Å²) in [5.41, 5.74) is 3.07. The second-order valence-corrected chi connectivity index (χ2v) is 7.07. The molecule has 2 aromatic rings. The minimum absolute atomic E-state index is 0.663. The first-order valence-electron chi connectivity index (χ1n) is 7.89. The van der Waals surface area contributed by atoms with Gasteiger partial charge in [-0.15, -0.1) is 0 Å². The van der Waals surface area contributed by atoms with Crippen molar-refractivity contribution in [3.63, 3.8) is 0 Å². The Morgan fingerprint density at radius 2 is 1.96 bits per heavy atom. The molecular weight excluding hydrogens is 388 g/mol. The van der Waals surface area contributed by atoms with E-state index in [0.29, 0.717) is 5.02 Å². The average Bonchev–Trinajstić information content (AvgIpc) is 2.53. The monoisotopic (exact) mass is 408 g/mol. The van der Waals surface area contributed by atoms with E-state index >= 15 is 0 Å². The highest BCUT2D eigenvalue weighted by Gasteiger charge is 2.08. The molecule has 24 heavy (non-hydrogen) atoms. The number of halogens is 2. The van der Waals surface area contributed by atoms with E-state index in [2.05, 4.69) is 32.7 Å². The highest BCUT2D eigenvalue weighted by Crippen LogP contribution is 2.34. The lowest BCUT2D eigenvalue weighted by atomic mass is 10.1. The summed E-state index contributed by atoms with van der Waals surface area (Å²) in [5, 5.41) is 0.663. The first-order valence-corrected chi connectivity index (χ1v) is 9.06. The van der Waals surface area contributed by atoms with Crippen LogP contribution in [-0.2, 0) is 0 Å². The highest BCUT2D eigenvalue weighted by atomic mass is 79.9. The fourth-order valence-corrected chi connectivity index (χ4v) is 2.74. The van der Waals surface area contributed by atoms with Gasteiger partial charge in [-0.25, -0.2) is 4.99 Å². The molecule has 0 atom stereocenters. The molecule has 0 N–H and O–H groups in total. The van der Waals surface area contributed by atoms with E-state index in [0.717, 1.165) is 45.8 Å². The van der Waals surface area contributed by atoms with Crippen LogP contribution in [0.3, 0.4) is 0 Å². The van der Waals surface area contributed by atoms with E-state index in [1.54, 1.807) is 0 Å². The molecule has 0 fully saturated rings. The predicted octanol–water partition coefficient (Wildman–Crippen LogP) is 6.51. The van der Waals surface area contributed by atoms with Crippen LogP contribution < -0.4 is 4.74 Å². The molecule has 0 aliphatic heterocycles. The van der Waals surface area contributed by atoms with Crippen LogP contribution in [-0.4, -0.2) is 24.8 Å². The Balaban J connectivity index is 2.21. The molecule has 2 aromatic carbocycles. The summed E-state index contributed by atoms with van der Waals surface area (Å²) in [4.78, 5) is 6.67. The second-order valence-electron chi connectivity index (χ2n) is 5.81. The summed E-state index contributed by atoms with van der Waals surface area (Å²) in [5.74, 6) is 1.57. The van der Waals surface area contributed by atoms with Crippen LogP contribution in [0.15, 0.2) is 39.8 Å². The van der Waals surface area contributed by atoms with Crippen molar-refractivity contribution in [1.82, 2.24) is 4.90 Å². The molecule has 0 saturated carbocycles. The molecule has 2 rings (SSSR count). The van der Waals surface area contributed by atoms with Crippen molar-refractivity contribution in [2.75, 3.05) is 13.6 Å². The summed E-state index contributed by atoms with van der Waals surface area (Å²) in [6, 6.07) is 9.60. The van der Waals surface area contributed by atoms with Crippen LogP contribution in [0.4, 0.5) is 5.69 Å². The molecule has 0 saturated heterocycles. The molecule has 0 aliphatic carbocycles. The summed E-state index contributed by atoms with van der Waals surface area (Å²) in [6.07, 6.45) is 2.98. The van der Waals surface area contributed by atoms with E-state index in [-0.39, 0.29) is 0 Å². The fraction of sp³-hybridized carbons (Fsp3) is 0.316. The third-order valence-electron chi connectivity index (χ3n) is 3.58. The van der Waals surface area contributed by atoms with Gasteiger partial charge in [0.1, 0.15) is 11.5 Å². The molecule has 0 aliphatic rings. The standard InChI is InChI=1S/C19H22BrClN2O/c1-5-8-23(4)12-22-18-9-14(3)19(10-13(18)2)24-15-6-7-17(21)16(20)11-15/h6-7,9-12H,5,8H2,1-4H3/b22-12+. The van der Waals surface area contributed by atoms with Gasteiger partial charge in [0.25, 0.3) is 0 Å². The maximum Gasteiger partial charge on any atom is 0.130 e. The zero-order valence-electron chi connectivity index (χ0n) is 14.4. The van der Waals surface area contributed by atoms with Gasteiger partial charge in [0.15, 0.2) is 0 Å². The van der Waals surface area contributed by atoms with E-state index in [1.807, 2.05) is 57.6 Å². The van der Waals surface area contributed by atoms with Crippen LogP contribution >= 0.6 is 27.5 Å². The van der Waals surface area contributed by atoms with Crippen LogP contribution in [0.2, 0.25) is 5.02 Å². The molecule has 5 heteroatoms. The maximum absolute atomic E-state index is 6.02. The zero-order valence-corrected chi connectivity index (χ0v) is 16.8. The van der Waals surface area contributed by atoms with Crippen LogP contribution in [0.25, 0.3) is 0 Å². The molecule has 0 spiro atoms. The number of benzene rings is 2. The minimum Gasteiger partial charge on any atom is -0.457 e. The molecule has 0 unspecified atom stereocenters. The molecule has 0 aromatic heterocycles. The number of hydrogen-bond acceptors (Lipinski definition) is 2. The van der Waals surface area contributed by atoms with Crippen molar-refractivity contribution in [2.45, 2.75) is 27.2 Å². The molecule has 0 bridgehead atoms. The number of hydrogen-bond donors (Lipinski definition) is 0. The lowest BCUT2D eigenvalue weighted by Gasteiger charge is -2.13. The van der Waals surface area contributed by atoms with Crippen molar-refractivity contribution < 1.29 is 4.74 Å². The Morgan fingerprint density at radius 1 is 1.21 bits per heavy atom. The number of aryl methyl sites for hydroxylation is 2. The largest absolute Gasteiger partial charge is 0.457 e. The molecule has 128 valence electrons. The molecule has 0 heterocycles. The van der Waals surface area contributed by atoms with Gasteiger partial charge in [-0.05, 0) is 77.7 Å². The summed E-state index contributed by atoms with van der Waals surface area (Å²) >= 11 is 9.44. The summed E-state index contributed by atoms with van der Waals surface area (Å²) < 4.78 is 6.81. The van der Waals surface area contributed by atoms with Crippen molar-refractivity contribution in [2.24, 2.45) is 4.99 Å². The lowest BCUT2D eigenvalue weighted by molar-refractivity contribution is 0.478. The van der Waals surface area contributed by atoms with Gasteiger partial charge in [-0.1, -0.05) is 18.5 Å². The second kappa shape index (κ2) is 8.54. The normalized spacial score (nSPS) is 11.1. The SMILES string of the molecule is CCCN(C)/C=N/c1cc(C)c(Oc2ccc(Cl)c(Br)c2)cc1C. The number of rotatable bonds is 6. The van der Waals surface area contributed by atoms with Crippen molar-refractivity contribution in [3.8, 4) is 11.5 Å². The summed E-state index contributed by atoms with van der Waals surface area (Å²) in [6.45, 7) is 7.21. The third kappa shape index (κ3) is 4.99. The van der Waals surface area contributed by atoms with Crippen molar-refractivity contribution in [3.05, 3.63) is 51.0 Å². The smallest absolute Gasteiger partial charge is 0.130 e. The average molecular weight is 410 g/mol. The number of nitrogens with zero attached hydrogens (tertiary/aromatic N) is 2. The topological polar surface area (TPSA) is 24.8 Å². The third-order valence-corrected chi connectivity index (χ3v) is 4.80. The van der Waals surface area contributed by atoms with Crippen LogP contribution in [0, 0.1) is 13.8 Å². The number of aliphatic imine (C=N–C) groups is 1. The van der Waals surface area contributed by atoms with Gasteiger partial charge in [-0.2, -0.15) is 0 Å². The minimum atomic E-state index is 0.663. The van der Waals surface area contributed by atoms with E-state index in [1.165, 1.54) is 0 Å². The van der Waals surface area contributed by atoms with Gasteiger partial charge in [0, 0.05) is 18.1 Å². The quantitative estimate of drug-likeness (QED) is 0.401. The van der Waals surface area contributed by atoms with E-state index < -0.39 is 0 Å².